The number of nitrogens with zero attached hydrogens (tertiary/aromatic N) is 2. The number of aromatic nitrogens is 2. The Bertz CT molecular complexity index is 627. The summed E-state index contributed by atoms with van der Waals surface area (Å²) in [5.74, 6) is 0.0578. The second kappa shape index (κ2) is 7.25. The molecule has 2 aliphatic carbocycles. The summed E-state index contributed by atoms with van der Waals surface area (Å²) in [4.78, 5) is 15.0. The molecule has 2 fully saturated rings. The van der Waals surface area contributed by atoms with Crippen molar-refractivity contribution in [3.05, 3.63) is 17.0 Å². The van der Waals surface area contributed by atoms with E-state index in [2.05, 4.69) is 22.4 Å². The minimum absolute atomic E-state index is 0. The normalized spacial score (nSPS) is 26.6. The molecule has 1 amide bonds. The van der Waals surface area contributed by atoms with E-state index in [0.717, 1.165) is 43.8 Å². The lowest BCUT2D eigenvalue weighted by molar-refractivity contribution is -0.152. The predicted molar refractivity (Wildman–Crippen MR) is 98.1 cm³/mol. The average Bonchev–Trinajstić information content (AvgIpc) is 3.25. The zero-order chi connectivity index (χ0) is 16.7. The molecule has 1 spiro atoms. The maximum Gasteiger partial charge on any atom is 0.274 e. The van der Waals surface area contributed by atoms with Crippen LogP contribution in [0.25, 0.3) is 0 Å². The Morgan fingerprint density at radius 2 is 2.16 bits per heavy atom. The average molecular weight is 369 g/mol. The van der Waals surface area contributed by atoms with Crippen molar-refractivity contribution >= 4 is 18.3 Å². The minimum atomic E-state index is 0. The molecule has 0 radical (unpaired) electrons. The van der Waals surface area contributed by atoms with Gasteiger partial charge in [-0.2, -0.15) is 5.10 Å². The Hall–Kier alpha value is -1.11. The van der Waals surface area contributed by atoms with E-state index in [1.165, 1.54) is 25.7 Å². The number of hydrogen-bond donors (Lipinski definition) is 2. The van der Waals surface area contributed by atoms with Crippen molar-refractivity contribution in [2.45, 2.75) is 64.1 Å². The van der Waals surface area contributed by atoms with Crippen molar-refractivity contribution in [2.24, 2.45) is 5.41 Å². The topological polar surface area (TPSA) is 70.2 Å². The third kappa shape index (κ3) is 2.88. The lowest BCUT2D eigenvalue weighted by Crippen LogP contribution is -2.64. The first kappa shape index (κ1) is 18.7. The number of fused-ring (bicyclic) bond motifs is 1. The number of carbonyl (C=O) groups excluding carboxylic acids is 1. The van der Waals surface area contributed by atoms with Gasteiger partial charge < -0.3 is 15.0 Å². The van der Waals surface area contributed by atoms with Gasteiger partial charge in [0.05, 0.1) is 6.10 Å². The first-order chi connectivity index (χ1) is 11.7. The smallest absolute Gasteiger partial charge is 0.274 e. The molecule has 0 saturated heterocycles. The maximum atomic E-state index is 13.1. The van der Waals surface area contributed by atoms with Crippen molar-refractivity contribution in [3.8, 4) is 0 Å². The molecule has 1 aromatic rings. The number of nitrogens with one attached hydrogen (secondary N) is 2. The van der Waals surface area contributed by atoms with Crippen LogP contribution in [0.3, 0.4) is 0 Å². The van der Waals surface area contributed by atoms with Crippen LogP contribution in [0.5, 0.6) is 0 Å². The van der Waals surface area contributed by atoms with Gasteiger partial charge >= 0.3 is 0 Å². The number of hydrogen-bond acceptors (Lipinski definition) is 4. The molecule has 25 heavy (non-hydrogen) atoms. The lowest BCUT2D eigenvalue weighted by atomic mass is 9.60. The molecule has 7 heteroatoms. The number of H-pyrrole nitrogens is 1. The van der Waals surface area contributed by atoms with Crippen LogP contribution in [0, 0.1) is 5.41 Å². The highest BCUT2D eigenvalue weighted by Gasteiger charge is 2.59. The Kier molecular flexibility index (Phi) is 5.42. The first-order valence-electron chi connectivity index (χ1n) is 9.33. The van der Waals surface area contributed by atoms with Gasteiger partial charge in [-0.1, -0.05) is 12.8 Å². The number of ether oxygens (including phenoxy) is 1. The van der Waals surface area contributed by atoms with Gasteiger partial charge in [0.15, 0.2) is 5.69 Å². The molecule has 1 aliphatic heterocycles. The van der Waals surface area contributed by atoms with E-state index < -0.39 is 0 Å². The zero-order valence-corrected chi connectivity index (χ0v) is 16.0. The predicted octanol–water partition coefficient (Wildman–Crippen LogP) is 2.29. The molecule has 2 atom stereocenters. The van der Waals surface area contributed by atoms with Crippen LogP contribution in [-0.2, 0) is 17.7 Å². The SMILES string of the molecule is CCOC1CC(N(C)C(=O)c2n[nH]c3c2CNCC3)C12CCCC2.Cl. The fraction of sp³-hybridized carbons (Fsp3) is 0.778. The first-order valence-corrected chi connectivity index (χ1v) is 9.33. The van der Waals surface area contributed by atoms with Gasteiger partial charge in [-0.15, -0.1) is 12.4 Å². The molecule has 2 saturated carbocycles. The number of carbonyl (C=O) groups is 1. The van der Waals surface area contributed by atoms with Crippen LogP contribution in [-0.4, -0.2) is 53.3 Å². The van der Waals surface area contributed by atoms with E-state index in [9.17, 15) is 4.79 Å². The summed E-state index contributed by atoms with van der Waals surface area (Å²) in [5, 5.41) is 10.7. The largest absolute Gasteiger partial charge is 0.378 e. The second-order valence-electron chi connectivity index (χ2n) is 7.51. The standard InChI is InChI=1S/C18H28N4O2.ClH/c1-3-24-15-10-14(18(15)7-4-5-8-18)22(2)17(23)16-12-11-19-9-6-13(12)20-21-16;/h14-15,19H,3-11H2,1-2H3,(H,20,21);1H. The molecule has 2 N–H and O–H groups in total. The summed E-state index contributed by atoms with van der Waals surface area (Å²) >= 11 is 0. The molecule has 2 unspecified atom stereocenters. The van der Waals surface area contributed by atoms with Gasteiger partial charge in [0.1, 0.15) is 0 Å². The summed E-state index contributed by atoms with van der Waals surface area (Å²) in [6.45, 7) is 4.50. The molecule has 0 bridgehead atoms. The Balaban J connectivity index is 0.00000182. The van der Waals surface area contributed by atoms with E-state index in [4.69, 9.17) is 4.74 Å². The zero-order valence-electron chi connectivity index (χ0n) is 15.1. The van der Waals surface area contributed by atoms with Crippen LogP contribution in [0.15, 0.2) is 0 Å². The third-order valence-electron chi connectivity index (χ3n) is 6.44. The summed E-state index contributed by atoms with van der Waals surface area (Å²) in [6, 6.07) is 0.285. The highest BCUT2D eigenvalue weighted by Crippen LogP contribution is 2.56. The highest BCUT2D eigenvalue weighted by atomic mass is 35.5. The Morgan fingerprint density at radius 3 is 2.88 bits per heavy atom. The van der Waals surface area contributed by atoms with Gasteiger partial charge in [-0.25, -0.2) is 0 Å². The maximum absolute atomic E-state index is 13.1. The molecule has 0 aromatic carbocycles. The molecule has 140 valence electrons. The van der Waals surface area contributed by atoms with Crippen molar-refractivity contribution in [1.29, 1.82) is 0 Å². The number of aromatic amines is 1. The van der Waals surface area contributed by atoms with Crippen molar-refractivity contribution < 1.29 is 9.53 Å². The van der Waals surface area contributed by atoms with Crippen LogP contribution < -0.4 is 5.32 Å². The Labute approximate surface area is 155 Å². The minimum Gasteiger partial charge on any atom is -0.378 e. The Morgan fingerprint density at radius 1 is 1.40 bits per heavy atom. The van der Waals surface area contributed by atoms with Crippen LogP contribution in [0.2, 0.25) is 0 Å². The molecular weight excluding hydrogens is 340 g/mol. The molecule has 1 aromatic heterocycles. The van der Waals surface area contributed by atoms with E-state index in [0.29, 0.717) is 11.8 Å². The van der Waals surface area contributed by atoms with Crippen molar-refractivity contribution in [1.82, 2.24) is 20.4 Å². The number of halogens is 1. The lowest BCUT2D eigenvalue weighted by Gasteiger charge is -2.56. The van der Waals surface area contributed by atoms with Crippen molar-refractivity contribution in [3.63, 3.8) is 0 Å². The monoisotopic (exact) mass is 368 g/mol. The van der Waals surface area contributed by atoms with E-state index in [1.54, 1.807) is 0 Å². The number of rotatable bonds is 4. The van der Waals surface area contributed by atoms with Gasteiger partial charge in [-0.05, 0) is 26.2 Å². The van der Waals surface area contributed by atoms with Gasteiger partial charge in [0.2, 0.25) is 0 Å². The summed E-state index contributed by atoms with van der Waals surface area (Å²) in [5.41, 5.74) is 2.95. The van der Waals surface area contributed by atoms with E-state index in [-0.39, 0.29) is 29.8 Å². The van der Waals surface area contributed by atoms with E-state index in [1.807, 2.05) is 11.9 Å². The molecule has 3 aliphatic rings. The van der Waals surface area contributed by atoms with Crippen LogP contribution in [0.1, 0.15) is 60.8 Å². The number of amides is 1. The van der Waals surface area contributed by atoms with Crippen LogP contribution >= 0.6 is 12.4 Å². The summed E-state index contributed by atoms with van der Waals surface area (Å²) in [6.07, 6.45) is 7.06. The second-order valence-corrected chi connectivity index (χ2v) is 7.51. The van der Waals surface area contributed by atoms with Gasteiger partial charge in [0, 0.05) is 55.9 Å². The van der Waals surface area contributed by atoms with Gasteiger partial charge in [0.25, 0.3) is 5.91 Å². The quantitative estimate of drug-likeness (QED) is 0.855. The third-order valence-corrected chi connectivity index (χ3v) is 6.44. The fourth-order valence-corrected chi connectivity index (χ4v) is 5.10. The summed E-state index contributed by atoms with van der Waals surface area (Å²) < 4.78 is 5.99. The fourth-order valence-electron chi connectivity index (χ4n) is 5.10. The molecule has 4 rings (SSSR count). The molecule has 6 nitrogen and oxygen atoms in total. The molecular formula is C18H29ClN4O2. The highest BCUT2D eigenvalue weighted by molar-refractivity contribution is 5.94. The molecule has 2 heterocycles. The van der Waals surface area contributed by atoms with Gasteiger partial charge in [-0.3, -0.25) is 9.89 Å². The van der Waals surface area contributed by atoms with E-state index >= 15 is 0 Å². The van der Waals surface area contributed by atoms with Crippen LogP contribution in [0.4, 0.5) is 0 Å². The van der Waals surface area contributed by atoms with Crippen molar-refractivity contribution in [2.75, 3.05) is 20.2 Å². The summed E-state index contributed by atoms with van der Waals surface area (Å²) in [7, 11) is 1.95.